The van der Waals surface area contributed by atoms with Crippen molar-refractivity contribution in [3.8, 4) is 17.2 Å². The molecule has 2 aliphatic heterocycles. The van der Waals surface area contributed by atoms with Crippen molar-refractivity contribution in [3.05, 3.63) is 101 Å². The SMILES string of the molecule is CC(=O)O[C@H](C(=O)O)c1ccccc1.CN1CC[C@]23c4c5ccc(O)c4O[C@H]2C(OC(=O)C(O)CC(=O)Oc2ccccc2)=CC[C@@]3(O)[C@H]1C5. The number of carboxylic acids is 1. The number of carbonyl (C=O) groups is 4. The third-order valence-electron chi connectivity index (χ3n) is 9.79. The number of rotatable bonds is 8. The van der Waals surface area contributed by atoms with Gasteiger partial charge in [0.1, 0.15) is 11.5 Å². The first kappa shape index (κ1) is 34.6. The van der Waals surface area contributed by atoms with Crippen LogP contribution in [-0.2, 0) is 40.5 Å². The van der Waals surface area contributed by atoms with E-state index in [4.69, 9.17) is 19.3 Å². The summed E-state index contributed by atoms with van der Waals surface area (Å²) < 4.78 is 21.6. The molecule has 4 N–H and O–H groups in total. The molecule has 1 saturated heterocycles. The molecule has 2 heterocycles. The van der Waals surface area contributed by atoms with Crippen LogP contribution in [-0.4, -0.2) is 86.6 Å². The highest BCUT2D eigenvalue weighted by atomic mass is 16.6. The summed E-state index contributed by atoms with van der Waals surface area (Å²) in [5, 5.41) is 41.9. The number of phenols is 1. The molecule has 7 rings (SSSR count). The van der Waals surface area contributed by atoms with Crippen molar-refractivity contribution in [3.63, 3.8) is 0 Å². The van der Waals surface area contributed by atoms with Crippen molar-refractivity contribution < 1.29 is 58.6 Å². The first-order chi connectivity index (χ1) is 23.9. The minimum Gasteiger partial charge on any atom is -0.504 e. The van der Waals surface area contributed by atoms with Crippen molar-refractivity contribution >= 4 is 23.9 Å². The lowest BCUT2D eigenvalue weighted by Gasteiger charge is -2.61. The number of hydrogen-bond acceptors (Lipinski definition) is 12. The van der Waals surface area contributed by atoms with Gasteiger partial charge in [0.05, 0.1) is 17.4 Å². The van der Waals surface area contributed by atoms with Gasteiger partial charge in [-0.2, -0.15) is 0 Å². The minimum atomic E-state index is -1.75. The van der Waals surface area contributed by atoms with Crippen molar-refractivity contribution in [2.45, 2.75) is 68.0 Å². The number of carbonyl (C=O) groups excluding carboxylic acids is 3. The molecule has 3 aromatic carbocycles. The number of carboxylic acid groups (broad SMARTS) is 1. The van der Waals surface area contributed by atoms with Crippen LogP contribution in [0, 0.1) is 0 Å². The van der Waals surface area contributed by atoms with Gasteiger partial charge in [-0.15, -0.1) is 0 Å². The normalized spacial score (nSPS) is 25.2. The molecule has 1 spiro atoms. The second kappa shape index (κ2) is 13.6. The zero-order chi connectivity index (χ0) is 35.8. The fraction of sp³-hybridized carbons (Fsp3) is 0.351. The van der Waals surface area contributed by atoms with E-state index < -0.39 is 59.6 Å². The van der Waals surface area contributed by atoms with E-state index >= 15 is 0 Å². The van der Waals surface area contributed by atoms with E-state index in [2.05, 4.69) is 9.64 Å². The van der Waals surface area contributed by atoms with Crippen LogP contribution in [0.25, 0.3) is 0 Å². The highest BCUT2D eigenvalue weighted by molar-refractivity contribution is 5.83. The van der Waals surface area contributed by atoms with Crippen molar-refractivity contribution in [2.24, 2.45) is 0 Å². The average Bonchev–Trinajstić information content (AvgIpc) is 3.45. The lowest BCUT2D eigenvalue weighted by atomic mass is 9.50. The Balaban J connectivity index is 0.000000261. The molecule has 0 aromatic heterocycles. The summed E-state index contributed by atoms with van der Waals surface area (Å²) in [6, 6.07) is 20.0. The number of likely N-dealkylation sites (tertiary alicyclic amines) is 1. The van der Waals surface area contributed by atoms with Gasteiger partial charge in [-0.05, 0) is 56.3 Å². The van der Waals surface area contributed by atoms with E-state index in [1.165, 1.54) is 6.92 Å². The van der Waals surface area contributed by atoms with E-state index in [1.54, 1.807) is 72.8 Å². The number of likely N-dealkylation sites (N-methyl/N-ethyl adjacent to an activating group) is 1. The molecule has 0 saturated carbocycles. The summed E-state index contributed by atoms with van der Waals surface area (Å²) in [5.74, 6) is -2.85. The summed E-state index contributed by atoms with van der Waals surface area (Å²) in [6.07, 6.45) is -1.43. The molecule has 13 heteroatoms. The van der Waals surface area contributed by atoms with Crippen LogP contribution in [0.1, 0.15) is 49.0 Å². The number of ether oxygens (including phenoxy) is 4. The zero-order valence-electron chi connectivity index (χ0n) is 27.4. The Morgan fingerprint density at radius 3 is 2.34 bits per heavy atom. The summed E-state index contributed by atoms with van der Waals surface area (Å²) >= 11 is 0. The Labute approximate surface area is 287 Å². The number of phenolic OH excluding ortho intramolecular Hbond substituents is 1. The Bertz CT molecular complexity index is 1830. The average molecular weight is 688 g/mol. The molecule has 50 heavy (non-hydrogen) atoms. The van der Waals surface area contributed by atoms with Crippen LogP contribution in [0.15, 0.2) is 84.6 Å². The number of aliphatic hydroxyl groups is 2. The van der Waals surface area contributed by atoms with Gasteiger partial charge in [-0.25, -0.2) is 9.59 Å². The molecule has 2 aliphatic carbocycles. The second-order valence-electron chi connectivity index (χ2n) is 12.8. The lowest BCUT2D eigenvalue weighted by Crippen LogP contribution is -2.74. The Hall–Kier alpha value is -5.24. The number of nitrogens with zero attached hydrogens (tertiary/aromatic N) is 1. The van der Waals surface area contributed by atoms with E-state index in [1.807, 2.05) is 13.1 Å². The van der Waals surface area contributed by atoms with Gasteiger partial charge < -0.3 is 44.3 Å². The monoisotopic (exact) mass is 687 g/mol. The maximum Gasteiger partial charge on any atom is 0.349 e. The van der Waals surface area contributed by atoms with Crippen molar-refractivity contribution in [1.29, 1.82) is 0 Å². The highest BCUT2D eigenvalue weighted by Gasteiger charge is 2.72. The lowest BCUT2D eigenvalue weighted by molar-refractivity contribution is -0.172. The largest absolute Gasteiger partial charge is 0.504 e. The summed E-state index contributed by atoms with van der Waals surface area (Å²) in [5.41, 5.74) is 0.115. The zero-order valence-corrected chi connectivity index (χ0v) is 27.4. The number of hydrogen-bond donors (Lipinski definition) is 4. The topological polar surface area (TPSA) is 189 Å². The van der Waals surface area contributed by atoms with Gasteiger partial charge in [0.15, 0.2) is 23.7 Å². The third-order valence-corrected chi connectivity index (χ3v) is 9.79. The summed E-state index contributed by atoms with van der Waals surface area (Å²) in [7, 11) is 1.98. The smallest absolute Gasteiger partial charge is 0.349 e. The highest BCUT2D eigenvalue weighted by Crippen LogP contribution is 2.65. The third kappa shape index (κ3) is 6.08. The molecule has 4 aliphatic rings. The Morgan fingerprint density at radius 2 is 1.68 bits per heavy atom. The predicted molar refractivity (Wildman–Crippen MR) is 174 cm³/mol. The van der Waals surface area contributed by atoms with Crippen LogP contribution < -0.4 is 9.47 Å². The van der Waals surface area contributed by atoms with Gasteiger partial charge in [0.25, 0.3) is 0 Å². The molecule has 0 amide bonds. The predicted octanol–water partition coefficient (Wildman–Crippen LogP) is 2.95. The second-order valence-corrected chi connectivity index (χ2v) is 12.8. The number of para-hydroxylation sites is 1. The maximum atomic E-state index is 12.8. The Morgan fingerprint density at radius 1 is 1.00 bits per heavy atom. The number of aliphatic carboxylic acids is 1. The molecule has 13 nitrogen and oxygen atoms in total. The molecule has 262 valence electrons. The number of piperidine rings is 1. The van der Waals surface area contributed by atoms with Crippen LogP contribution in [0.2, 0.25) is 0 Å². The standard InChI is InChI=1S/C27H27NO8.C10H10O4/c1-28-12-11-26-22-15-7-8-17(29)23(22)36-24(26)19(9-10-27(26,33)20(28)13-15)35-25(32)18(30)14-21(31)34-16-5-3-2-4-6-16;1-7(11)14-9(10(12)13)8-5-3-2-4-6-8/h2-9,18,20,24,29-30,33H,10-14H2,1H3;2-6,9H,1H3,(H,12,13)/t18?,20-,24+,26+,27-;9-/m10/s1. The first-order valence-electron chi connectivity index (χ1n) is 16.1. The number of esters is 3. The van der Waals surface area contributed by atoms with Crippen LogP contribution >= 0.6 is 0 Å². The number of aromatic hydroxyl groups is 1. The fourth-order valence-corrected chi connectivity index (χ4v) is 7.58. The van der Waals surface area contributed by atoms with Gasteiger partial charge in [0.2, 0.25) is 6.10 Å². The van der Waals surface area contributed by atoms with Crippen LogP contribution in [0.5, 0.6) is 17.2 Å². The van der Waals surface area contributed by atoms with Crippen molar-refractivity contribution in [2.75, 3.05) is 13.6 Å². The van der Waals surface area contributed by atoms with Gasteiger partial charge in [0, 0.05) is 30.5 Å². The molecular formula is C37H37NO12. The van der Waals surface area contributed by atoms with Crippen LogP contribution in [0.4, 0.5) is 0 Å². The molecule has 1 fully saturated rings. The Kier molecular flexibility index (Phi) is 9.40. The quantitative estimate of drug-likeness (QED) is 0.200. The fourth-order valence-electron chi connectivity index (χ4n) is 7.58. The molecule has 3 aromatic rings. The maximum absolute atomic E-state index is 12.8. The minimum absolute atomic E-state index is 0.0355. The van der Waals surface area contributed by atoms with E-state index in [0.29, 0.717) is 36.4 Å². The van der Waals surface area contributed by atoms with E-state index in [9.17, 15) is 34.5 Å². The van der Waals surface area contributed by atoms with Gasteiger partial charge >= 0.3 is 23.9 Å². The molecule has 6 atom stereocenters. The molecule has 2 bridgehead atoms. The number of benzene rings is 3. The van der Waals surface area contributed by atoms with Crippen LogP contribution in [0.3, 0.4) is 0 Å². The first-order valence-corrected chi connectivity index (χ1v) is 16.1. The molecule has 0 radical (unpaired) electrons. The van der Waals surface area contributed by atoms with Gasteiger partial charge in [-0.3, -0.25) is 9.59 Å². The molecule has 1 unspecified atom stereocenters. The van der Waals surface area contributed by atoms with Gasteiger partial charge in [-0.1, -0.05) is 54.6 Å². The summed E-state index contributed by atoms with van der Waals surface area (Å²) in [4.78, 5) is 48.5. The summed E-state index contributed by atoms with van der Waals surface area (Å²) in [6.45, 7) is 1.87. The van der Waals surface area contributed by atoms with E-state index in [0.717, 1.165) is 11.1 Å². The molecular weight excluding hydrogens is 650 g/mol. The van der Waals surface area contributed by atoms with E-state index in [-0.39, 0.29) is 24.0 Å². The number of aliphatic hydroxyl groups excluding tert-OH is 1. The van der Waals surface area contributed by atoms with Crippen molar-refractivity contribution in [1.82, 2.24) is 4.90 Å².